The first-order valence-electron chi connectivity index (χ1n) is 6.64. The van der Waals surface area contributed by atoms with Crippen molar-refractivity contribution in [3.8, 4) is 0 Å². The minimum absolute atomic E-state index is 0.194. The minimum atomic E-state index is 0.194. The second-order valence-electron chi connectivity index (χ2n) is 4.71. The van der Waals surface area contributed by atoms with Crippen LogP contribution in [-0.4, -0.2) is 41.3 Å². The van der Waals surface area contributed by atoms with Crippen LogP contribution in [0.5, 0.6) is 0 Å². The van der Waals surface area contributed by atoms with E-state index in [-0.39, 0.29) is 12.6 Å². The van der Waals surface area contributed by atoms with Crippen LogP contribution >= 0.6 is 0 Å². The molecule has 2 rings (SSSR count). The zero-order chi connectivity index (χ0) is 13.1. The summed E-state index contributed by atoms with van der Waals surface area (Å²) in [5, 5.41) is 12.6. The smallest absolute Gasteiger partial charge is 0.137 e. The molecule has 1 saturated heterocycles. The second kappa shape index (κ2) is 5.52. The van der Waals surface area contributed by atoms with Crippen molar-refractivity contribution < 1.29 is 5.11 Å². The Morgan fingerprint density at radius 2 is 2.22 bits per heavy atom. The fourth-order valence-electron chi connectivity index (χ4n) is 2.54. The van der Waals surface area contributed by atoms with Crippen LogP contribution in [0.3, 0.4) is 0 Å². The molecule has 18 heavy (non-hydrogen) atoms. The van der Waals surface area contributed by atoms with Gasteiger partial charge in [-0.1, -0.05) is 6.92 Å². The summed E-state index contributed by atoms with van der Waals surface area (Å²) in [4.78, 5) is 11.3. The van der Waals surface area contributed by atoms with Crippen LogP contribution in [-0.2, 0) is 6.42 Å². The van der Waals surface area contributed by atoms with Crippen LogP contribution in [0, 0.1) is 6.92 Å². The van der Waals surface area contributed by atoms with Gasteiger partial charge in [0.1, 0.15) is 17.5 Å². The molecular formula is C13H22N4O. The van der Waals surface area contributed by atoms with E-state index in [2.05, 4.69) is 27.1 Å². The van der Waals surface area contributed by atoms with Gasteiger partial charge >= 0.3 is 0 Å². The summed E-state index contributed by atoms with van der Waals surface area (Å²) in [6, 6.07) is 0.202. The molecule has 2 N–H and O–H groups in total. The Bertz CT molecular complexity index is 422. The molecule has 2 heterocycles. The van der Waals surface area contributed by atoms with E-state index in [9.17, 15) is 5.11 Å². The third-order valence-electron chi connectivity index (χ3n) is 3.58. The van der Waals surface area contributed by atoms with Crippen LogP contribution in [0.1, 0.15) is 31.2 Å². The molecule has 0 saturated carbocycles. The summed E-state index contributed by atoms with van der Waals surface area (Å²) in [6.07, 6.45) is 2.97. The zero-order valence-corrected chi connectivity index (χ0v) is 11.4. The van der Waals surface area contributed by atoms with Gasteiger partial charge in [-0.15, -0.1) is 0 Å². The molecule has 5 nitrogen and oxygen atoms in total. The molecule has 0 spiro atoms. The predicted octanol–water partition coefficient (Wildman–Crippen LogP) is 1.35. The van der Waals surface area contributed by atoms with Gasteiger partial charge in [0.05, 0.1) is 12.6 Å². The number of aryl methyl sites for hydroxylation is 1. The first kappa shape index (κ1) is 13.1. The van der Waals surface area contributed by atoms with Crippen LogP contribution in [0.25, 0.3) is 0 Å². The molecule has 1 aromatic heterocycles. The van der Waals surface area contributed by atoms with Crippen molar-refractivity contribution in [3.05, 3.63) is 11.4 Å². The van der Waals surface area contributed by atoms with E-state index in [0.717, 1.165) is 48.8 Å². The molecular weight excluding hydrogens is 228 g/mol. The van der Waals surface area contributed by atoms with Gasteiger partial charge < -0.3 is 15.3 Å². The number of aromatic nitrogens is 2. The molecule has 1 unspecified atom stereocenters. The fraction of sp³-hybridized carbons (Fsp3) is 0.692. The third kappa shape index (κ3) is 2.27. The lowest BCUT2D eigenvalue weighted by Gasteiger charge is -2.26. The van der Waals surface area contributed by atoms with Crippen molar-refractivity contribution in [1.29, 1.82) is 0 Å². The Morgan fingerprint density at radius 1 is 1.44 bits per heavy atom. The highest BCUT2D eigenvalue weighted by atomic mass is 16.3. The number of hydrogen-bond donors (Lipinski definition) is 2. The van der Waals surface area contributed by atoms with Gasteiger partial charge in [0.15, 0.2) is 0 Å². The van der Waals surface area contributed by atoms with Gasteiger partial charge in [-0.25, -0.2) is 9.97 Å². The van der Waals surface area contributed by atoms with E-state index in [1.807, 2.05) is 14.0 Å². The Kier molecular flexibility index (Phi) is 4.01. The van der Waals surface area contributed by atoms with E-state index in [0.29, 0.717) is 0 Å². The van der Waals surface area contributed by atoms with Gasteiger partial charge in [-0.2, -0.15) is 0 Å². The molecule has 1 aromatic rings. The normalized spacial score (nSPS) is 19.3. The van der Waals surface area contributed by atoms with Gasteiger partial charge in [0, 0.05) is 25.6 Å². The van der Waals surface area contributed by atoms with Crippen molar-refractivity contribution in [2.75, 3.05) is 30.4 Å². The van der Waals surface area contributed by atoms with Crippen molar-refractivity contribution in [2.45, 2.75) is 39.2 Å². The number of rotatable bonds is 4. The van der Waals surface area contributed by atoms with Gasteiger partial charge in [-0.3, -0.25) is 0 Å². The first-order chi connectivity index (χ1) is 8.71. The highest BCUT2D eigenvalue weighted by molar-refractivity contribution is 5.59. The molecule has 0 amide bonds. The summed E-state index contributed by atoms with van der Waals surface area (Å²) in [5.41, 5.74) is 1.06. The molecule has 1 atom stereocenters. The molecule has 5 heteroatoms. The number of aliphatic hydroxyl groups is 1. The first-order valence-corrected chi connectivity index (χ1v) is 6.64. The number of hydrogen-bond acceptors (Lipinski definition) is 5. The maximum atomic E-state index is 9.44. The lowest BCUT2D eigenvalue weighted by atomic mass is 10.2. The number of aliphatic hydroxyl groups excluding tert-OH is 1. The molecule has 0 aliphatic carbocycles. The average Bonchev–Trinajstić information content (AvgIpc) is 2.87. The van der Waals surface area contributed by atoms with E-state index < -0.39 is 0 Å². The molecule has 1 aliphatic rings. The standard InChI is InChI=1S/C13H22N4O/c1-4-11-15-12(14-3)9(2)13(16-11)17-7-5-6-10(17)8-18/h10,18H,4-8H2,1-3H3,(H,14,15,16). The molecule has 0 aromatic carbocycles. The lowest BCUT2D eigenvalue weighted by Crippen LogP contribution is -2.33. The summed E-state index contributed by atoms with van der Waals surface area (Å²) in [6.45, 7) is 5.25. The molecule has 100 valence electrons. The molecule has 0 bridgehead atoms. The number of nitrogens with one attached hydrogen (secondary N) is 1. The van der Waals surface area contributed by atoms with Gasteiger partial charge in [0.25, 0.3) is 0 Å². The monoisotopic (exact) mass is 250 g/mol. The average molecular weight is 250 g/mol. The topological polar surface area (TPSA) is 61.3 Å². The van der Waals surface area contributed by atoms with E-state index in [4.69, 9.17) is 0 Å². The predicted molar refractivity (Wildman–Crippen MR) is 73.1 cm³/mol. The quantitative estimate of drug-likeness (QED) is 0.844. The van der Waals surface area contributed by atoms with Crippen LogP contribution in [0.15, 0.2) is 0 Å². The van der Waals surface area contributed by atoms with Crippen molar-refractivity contribution >= 4 is 11.6 Å². The Hall–Kier alpha value is -1.36. The van der Waals surface area contributed by atoms with Crippen LogP contribution < -0.4 is 10.2 Å². The summed E-state index contributed by atoms with van der Waals surface area (Å²) < 4.78 is 0. The maximum absolute atomic E-state index is 9.44. The lowest BCUT2D eigenvalue weighted by molar-refractivity contribution is 0.266. The molecule has 0 radical (unpaired) electrons. The Labute approximate surface area is 108 Å². The Morgan fingerprint density at radius 3 is 2.83 bits per heavy atom. The third-order valence-corrected chi connectivity index (χ3v) is 3.58. The van der Waals surface area contributed by atoms with Crippen LogP contribution in [0.4, 0.5) is 11.6 Å². The SMILES string of the molecule is CCc1nc(NC)c(C)c(N2CCCC2CO)n1. The minimum Gasteiger partial charge on any atom is -0.394 e. The summed E-state index contributed by atoms with van der Waals surface area (Å²) >= 11 is 0. The highest BCUT2D eigenvalue weighted by Crippen LogP contribution is 2.29. The van der Waals surface area contributed by atoms with E-state index >= 15 is 0 Å². The highest BCUT2D eigenvalue weighted by Gasteiger charge is 2.27. The Balaban J connectivity index is 2.42. The summed E-state index contributed by atoms with van der Waals surface area (Å²) in [7, 11) is 1.88. The molecule has 1 aliphatic heterocycles. The largest absolute Gasteiger partial charge is 0.394 e. The maximum Gasteiger partial charge on any atom is 0.137 e. The van der Waals surface area contributed by atoms with E-state index in [1.54, 1.807) is 0 Å². The number of anilines is 2. The molecule has 1 fully saturated rings. The van der Waals surface area contributed by atoms with Crippen molar-refractivity contribution in [3.63, 3.8) is 0 Å². The van der Waals surface area contributed by atoms with Crippen LogP contribution in [0.2, 0.25) is 0 Å². The van der Waals surface area contributed by atoms with Crippen molar-refractivity contribution in [1.82, 2.24) is 9.97 Å². The number of nitrogens with zero attached hydrogens (tertiary/aromatic N) is 3. The second-order valence-corrected chi connectivity index (χ2v) is 4.71. The van der Waals surface area contributed by atoms with Gasteiger partial charge in [-0.05, 0) is 19.8 Å². The summed E-state index contributed by atoms with van der Waals surface area (Å²) in [5.74, 6) is 2.71. The van der Waals surface area contributed by atoms with E-state index in [1.165, 1.54) is 0 Å². The van der Waals surface area contributed by atoms with Gasteiger partial charge in [0.2, 0.25) is 0 Å². The fourth-order valence-corrected chi connectivity index (χ4v) is 2.54. The van der Waals surface area contributed by atoms with Crippen molar-refractivity contribution in [2.24, 2.45) is 0 Å². The zero-order valence-electron chi connectivity index (χ0n) is 11.4.